The summed E-state index contributed by atoms with van der Waals surface area (Å²) < 4.78 is 26.0. The summed E-state index contributed by atoms with van der Waals surface area (Å²) in [5.74, 6) is -0.0358. The molecule has 0 aliphatic heterocycles. The fourth-order valence-corrected chi connectivity index (χ4v) is 3.86. The molecule has 0 spiro atoms. The molecule has 0 radical (unpaired) electrons. The van der Waals surface area contributed by atoms with Crippen LogP contribution in [0.25, 0.3) is 0 Å². The van der Waals surface area contributed by atoms with Crippen LogP contribution in [0.1, 0.15) is 44.2 Å². The maximum absolute atomic E-state index is 12.3. The van der Waals surface area contributed by atoms with E-state index < -0.39 is 10.0 Å². The van der Waals surface area contributed by atoms with Gasteiger partial charge in [0.2, 0.25) is 15.9 Å². The fraction of sp³-hybridized carbons (Fsp3) is 0.381. The molecular weight excluding hydrogens is 360 g/mol. The van der Waals surface area contributed by atoms with Crippen molar-refractivity contribution in [2.24, 2.45) is 0 Å². The number of para-hydroxylation sites is 1. The molecule has 146 valence electrons. The average molecular weight is 389 g/mol. The van der Waals surface area contributed by atoms with Crippen molar-refractivity contribution in [2.45, 2.75) is 39.5 Å². The quantitative estimate of drug-likeness (QED) is 0.738. The van der Waals surface area contributed by atoms with E-state index in [-0.39, 0.29) is 24.8 Å². The topological polar surface area (TPSA) is 66.5 Å². The Hall–Kier alpha value is -2.34. The van der Waals surface area contributed by atoms with Gasteiger partial charge in [0.1, 0.15) is 0 Å². The molecule has 27 heavy (non-hydrogen) atoms. The zero-order valence-corrected chi connectivity index (χ0v) is 17.2. The van der Waals surface area contributed by atoms with E-state index in [0.29, 0.717) is 11.4 Å². The van der Waals surface area contributed by atoms with E-state index in [1.54, 1.807) is 6.07 Å². The molecule has 2 aromatic rings. The van der Waals surface area contributed by atoms with Crippen LogP contribution < -0.4 is 9.62 Å². The first-order chi connectivity index (χ1) is 12.7. The minimum atomic E-state index is -3.50. The van der Waals surface area contributed by atoms with Crippen molar-refractivity contribution in [2.75, 3.05) is 22.4 Å². The average Bonchev–Trinajstić information content (AvgIpc) is 2.61. The molecule has 0 fully saturated rings. The summed E-state index contributed by atoms with van der Waals surface area (Å²) in [6, 6.07) is 15.1. The molecular formula is C21H28N2O3S. The van der Waals surface area contributed by atoms with Crippen molar-refractivity contribution in [1.82, 2.24) is 0 Å². The third kappa shape index (κ3) is 5.82. The minimum absolute atomic E-state index is 0.0784. The second kappa shape index (κ2) is 9.04. The first-order valence-electron chi connectivity index (χ1n) is 9.17. The summed E-state index contributed by atoms with van der Waals surface area (Å²) in [4.78, 5) is 12.3. The smallest absolute Gasteiger partial charge is 0.232 e. The van der Waals surface area contributed by atoms with Crippen LogP contribution in [0.3, 0.4) is 0 Å². The van der Waals surface area contributed by atoms with Crippen molar-refractivity contribution in [3.8, 4) is 0 Å². The minimum Gasteiger partial charge on any atom is -0.326 e. The van der Waals surface area contributed by atoms with Gasteiger partial charge in [0.05, 0.1) is 11.9 Å². The van der Waals surface area contributed by atoms with Crippen molar-refractivity contribution >= 4 is 27.3 Å². The van der Waals surface area contributed by atoms with Crippen LogP contribution in [0, 0.1) is 0 Å². The third-order valence-corrected chi connectivity index (χ3v) is 5.60. The zero-order valence-electron chi connectivity index (χ0n) is 16.4. The molecule has 0 aromatic heterocycles. The summed E-state index contributed by atoms with van der Waals surface area (Å²) in [5.41, 5.74) is 3.49. The van der Waals surface area contributed by atoms with Gasteiger partial charge in [0.15, 0.2) is 0 Å². The molecule has 0 bridgehead atoms. The zero-order chi connectivity index (χ0) is 20.0. The second-order valence-electron chi connectivity index (χ2n) is 6.90. The SMILES string of the molecule is CCc1ccc(NC(=O)CCN(c2ccccc2C(C)C)S(C)(=O)=O)cc1. The maximum atomic E-state index is 12.3. The van der Waals surface area contributed by atoms with Gasteiger partial charge in [-0.3, -0.25) is 9.10 Å². The Morgan fingerprint density at radius 3 is 2.26 bits per heavy atom. The molecule has 2 rings (SSSR count). The van der Waals surface area contributed by atoms with Crippen LogP contribution in [-0.4, -0.2) is 27.1 Å². The van der Waals surface area contributed by atoms with E-state index in [1.165, 1.54) is 16.1 Å². The lowest BCUT2D eigenvalue weighted by molar-refractivity contribution is -0.116. The molecule has 0 aliphatic carbocycles. The van der Waals surface area contributed by atoms with Crippen LogP contribution in [-0.2, 0) is 21.2 Å². The Kier molecular flexibility index (Phi) is 7.02. The fourth-order valence-electron chi connectivity index (χ4n) is 2.92. The van der Waals surface area contributed by atoms with Crippen LogP contribution >= 0.6 is 0 Å². The molecule has 6 heteroatoms. The highest BCUT2D eigenvalue weighted by Gasteiger charge is 2.22. The number of rotatable bonds is 8. The van der Waals surface area contributed by atoms with Crippen molar-refractivity contribution in [3.05, 3.63) is 59.7 Å². The van der Waals surface area contributed by atoms with Gasteiger partial charge in [-0.2, -0.15) is 0 Å². The predicted molar refractivity (Wildman–Crippen MR) is 112 cm³/mol. The van der Waals surface area contributed by atoms with Crippen molar-refractivity contribution in [3.63, 3.8) is 0 Å². The lowest BCUT2D eigenvalue weighted by atomic mass is 10.0. The highest BCUT2D eigenvalue weighted by atomic mass is 32.2. The van der Waals surface area contributed by atoms with E-state index >= 15 is 0 Å². The Bertz CT molecular complexity index is 875. The molecule has 5 nitrogen and oxygen atoms in total. The number of benzene rings is 2. The van der Waals surface area contributed by atoms with Gasteiger partial charge < -0.3 is 5.32 Å². The number of amides is 1. The number of nitrogens with one attached hydrogen (secondary N) is 1. The van der Waals surface area contributed by atoms with Crippen molar-refractivity contribution < 1.29 is 13.2 Å². The second-order valence-corrected chi connectivity index (χ2v) is 8.80. The predicted octanol–water partition coefficient (Wildman–Crippen LogP) is 4.17. The molecule has 0 unspecified atom stereocenters. The van der Waals surface area contributed by atoms with Crippen LogP contribution in [0.2, 0.25) is 0 Å². The highest BCUT2D eigenvalue weighted by Crippen LogP contribution is 2.29. The van der Waals surface area contributed by atoms with E-state index in [0.717, 1.165) is 12.0 Å². The summed E-state index contributed by atoms with van der Waals surface area (Å²) in [7, 11) is -3.50. The summed E-state index contributed by atoms with van der Waals surface area (Å²) >= 11 is 0. The van der Waals surface area contributed by atoms with Crippen LogP contribution in [0.4, 0.5) is 11.4 Å². The Morgan fingerprint density at radius 1 is 1.07 bits per heavy atom. The van der Waals surface area contributed by atoms with Crippen LogP contribution in [0.15, 0.2) is 48.5 Å². The number of anilines is 2. The molecule has 2 aromatic carbocycles. The van der Waals surface area contributed by atoms with E-state index in [2.05, 4.69) is 12.2 Å². The summed E-state index contributed by atoms with van der Waals surface area (Å²) in [5, 5.41) is 2.83. The lowest BCUT2D eigenvalue weighted by Gasteiger charge is -2.26. The normalized spacial score (nSPS) is 11.4. The van der Waals surface area contributed by atoms with E-state index in [4.69, 9.17) is 0 Å². The van der Waals surface area contributed by atoms with Gasteiger partial charge in [-0.25, -0.2) is 8.42 Å². The molecule has 0 saturated carbocycles. The Labute approximate surface area is 162 Å². The first kappa shape index (κ1) is 21.0. The van der Waals surface area contributed by atoms with Gasteiger partial charge in [0.25, 0.3) is 0 Å². The molecule has 0 atom stereocenters. The monoisotopic (exact) mass is 388 g/mol. The molecule has 0 saturated heterocycles. The molecule has 0 heterocycles. The highest BCUT2D eigenvalue weighted by molar-refractivity contribution is 7.92. The molecule has 0 aliphatic rings. The standard InChI is InChI=1S/C21H28N2O3S/c1-5-17-10-12-18(13-11-17)22-21(24)14-15-23(27(4,25)26)20-9-7-6-8-19(20)16(2)3/h6-13,16H,5,14-15H2,1-4H3,(H,22,24). The largest absolute Gasteiger partial charge is 0.326 e. The third-order valence-electron chi connectivity index (χ3n) is 4.42. The van der Waals surface area contributed by atoms with Gasteiger partial charge >= 0.3 is 0 Å². The van der Waals surface area contributed by atoms with E-state index in [9.17, 15) is 13.2 Å². The number of hydrogen-bond donors (Lipinski definition) is 1. The Balaban J connectivity index is 2.12. The summed E-state index contributed by atoms with van der Waals surface area (Å²) in [6.45, 7) is 6.21. The van der Waals surface area contributed by atoms with Gasteiger partial charge in [-0.15, -0.1) is 0 Å². The lowest BCUT2D eigenvalue weighted by Crippen LogP contribution is -2.33. The van der Waals surface area contributed by atoms with Crippen LogP contribution in [0.5, 0.6) is 0 Å². The number of sulfonamides is 1. The number of carbonyl (C=O) groups excluding carboxylic acids is 1. The van der Waals surface area contributed by atoms with Gasteiger partial charge in [-0.05, 0) is 41.7 Å². The van der Waals surface area contributed by atoms with Gasteiger partial charge in [0, 0.05) is 18.7 Å². The Morgan fingerprint density at radius 2 is 1.70 bits per heavy atom. The van der Waals surface area contributed by atoms with Crippen molar-refractivity contribution in [1.29, 1.82) is 0 Å². The summed E-state index contributed by atoms with van der Waals surface area (Å²) in [6.07, 6.45) is 2.19. The first-order valence-corrected chi connectivity index (χ1v) is 11.0. The number of hydrogen-bond acceptors (Lipinski definition) is 3. The maximum Gasteiger partial charge on any atom is 0.232 e. The molecule has 1 amide bonds. The molecule has 1 N–H and O–H groups in total. The number of nitrogens with zero attached hydrogens (tertiary/aromatic N) is 1. The number of carbonyl (C=O) groups is 1. The number of aryl methyl sites for hydroxylation is 1. The van der Waals surface area contributed by atoms with Gasteiger partial charge in [-0.1, -0.05) is 51.1 Å². The van der Waals surface area contributed by atoms with E-state index in [1.807, 2.05) is 56.3 Å².